The van der Waals surface area contributed by atoms with Gasteiger partial charge in [-0.3, -0.25) is 44.9 Å². The van der Waals surface area contributed by atoms with Crippen molar-refractivity contribution in [3.05, 3.63) is 127 Å². The summed E-state index contributed by atoms with van der Waals surface area (Å²) in [6.45, 7) is -0.555. The molecule has 13 nitrogen and oxygen atoms in total. The van der Waals surface area contributed by atoms with Crippen LogP contribution in [0.2, 0.25) is 0 Å². The largest absolute Gasteiger partial charge is 0.306 e. The SMILES string of the molecule is O=C1c2ccccc2C(=O)N1CC(=O)N(CC1=CC=C(Cl)C/C1=N\Nc1ccc([N+](=O)[O-])cc1[N+](=O)[O-])c1ccccc1. The van der Waals surface area contributed by atoms with Crippen LogP contribution in [0.5, 0.6) is 0 Å². The van der Waals surface area contributed by atoms with Gasteiger partial charge in [0.05, 0.1) is 39.3 Å². The van der Waals surface area contributed by atoms with E-state index in [0.29, 0.717) is 22.0 Å². The monoisotopic (exact) mass is 600 g/mol. The van der Waals surface area contributed by atoms with E-state index in [1.807, 2.05) is 0 Å². The summed E-state index contributed by atoms with van der Waals surface area (Å²) in [6.07, 6.45) is 3.39. The molecule has 0 radical (unpaired) electrons. The number of non-ortho nitro benzene ring substituents is 1. The number of fused-ring (bicyclic) bond motifs is 1. The predicted molar refractivity (Wildman–Crippen MR) is 158 cm³/mol. The Hall–Kier alpha value is -5.69. The van der Waals surface area contributed by atoms with Crippen molar-refractivity contribution in [1.82, 2.24) is 4.90 Å². The lowest BCUT2D eigenvalue weighted by Crippen LogP contribution is -2.44. The van der Waals surface area contributed by atoms with Gasteiger partial charge in [-0.1, -0.05) is 48.0 Å². The third kappa shape index (κ3) is 6.01. The van der Waals surface area contributed by atoms with E-state index in [9.17, 15) is 34.6 Å². The number of carbonyl (C=O) groups is 3. The fourth-order valence-electron chi connectivity index (χ4n) is 4.59. The Balaban J connectivity index is 1.43. The van der Waals surface area contributed by atoms with Crippen molar-refractivity contribution in [2.75, 3.05) is 23.4 Å². The molecule has 3 aromatic rings. The van der Waals surface area contributed by atoms with Gasteiger partial charge in [0, 0.05) is 23.2 Å². The summed E-state index contributed by atoms with van der Waals surface area (Å²) in [7, 11) is 0. The minimum absolute atomic E-state index is 0.0461. The first-order valence-electron chi connectivity index (χ1n) is 12.8. The van der Waals surface area contributed by atoms with Crippen molar-refractivity contribution in [2.24, 2.45) is 5.10 Å². The quantitative estimate of drug-likeness (QED) is 0.202. The van der Waals surface area contributed by atoms with Crippen molar-refractivity contribution in [3.8, 4) is 0 Å². The number of nitro benzene ring substituents is 2. The number of para-hydroxylation sites is 1. The molecule has 0 fully saturated rings. The van der Waals surface area contributed by atoms with Crippen molar-refractivity contribution in [1.29, 1.82) is 0 Å². The molecule has 0 aromatic heterocycles. The summed E-state index contributed by atoms with van der Waals surface area (Å²) in [4.78, 5) is 63.0. The highest BCUT2D eigenvalue weighted by atomic mass is 35.5. The number of hydrazone groups is 1. The molecular weight excluding hydrogens is 580 g/mol. The predicted octanol–water partition coefficient (Wildman–Crippen LogP) is 5.05. The van der Waals surface area contributed by atoms with Gasteiger partial charge in [-0.15, -0.1) is 0 Å². The van der Waals surface area contributed by atoms with E-state index in [4.69, 9.17) is 11.6 Å². The highest BCUT2D eigenvalue weighted by molar-refractivity contribution is 6.32. The Morgan fingerprint density at radius 3 is 2.21 bits per heavy atom. The number of hydrogen-bond donors (Lipinski definition) is 1. The molecule has 0 bridgehead atoms. The van der Waals surface area contributed by atoms with Crippen LogP contribution in [0.3, 0.4) is 0 Å². The second-order valence-corrected chi connectivity index (χ2v) is 9.91. The number of anilines is 2. The Kier molecular flexibility index (Phi) is 8.07. The van der Waals surface area contributed by atoms with Crippen LogP contribution >= 0.6 is 11.6 Å². The Morgan fingerprint density at radius 2 is 1.58 bits per heavy atom. The van der Waals surface area contributed by atoms with E-state index >= 15 is 0 Å². The lowest BCUT2D eigenvalue weighted by molar-refractivity contribution is -0.393. The lowest BCUT2D eigenvalue weighted by atomic mass is 10.0. The van der Waals surface area contributed by atoms with Gasteiger partial charge in [-0.2, -0.15) is 5.10 Å². The van der Waals surface area contributed by atoms with Crippen molar-refractivity contribution >= 4 is 57.8 Å². The number of amides is 3. The summed E-state index contributed by atoms with van der Waals surface area (Å²) in [5.74, 6) is -1.67. The van der Waals surface area contributed by atoms with Gasteiger partial charge in [0.1, 0.15) is 12.2 Å². The maximum Gasteiger partial charge on any atom is 0.301 e. The highest BCUT2D eigenvalue weighted by Gasteiger charge is 2.37. The molecule has 216 valence electrons. The van der Waals surface area contributed by atoms with Crippen LogP contribution in [-0.2, 0) is 4.79 Å². The van der Waals surface area contributed by atoms with E-state index in [0.717, 1.165) is 17.0 Å². The van der Waals surface area contributed by atoms with Gasteiger partial charge < -0.3 is 4.90 Å². The molecule has 1 aliphatic heterocycles. The van der Waals surface area contributed by atoms with Gasteiger partial charge in [0.15, 0.2) is 0 Å². The summed E-state index contributed by atoms with van der Waals surface area (Å²) in [6, 6.07) is 18.1. The molecule has 1 heterocycles. The number of carbonyl (C=O) groups excluding carboxylic acids is 3. The lowest BCUT2D eigenvalue weighted by Gasteiger charge is -2.27. The number of imide groups is 1. The number of rotatable bonds is 9. The second kappa shape index (κ2) is 12.0. The summed E-state index contributed by atoms with van der Waals surface area (Å²) < 4.78 is 0. The normalized spacial score (nSPS) is 15.1. The molecule has 0 saturated heterocycles. The van der Waals surface area contributed by atoms with Crippen LogP contribution in [0.1, 0.15) is 27.1 Å². The third-order valence-electron chi connectivity index (χ3n) is 6.74. The number of hydrogen-bond acceptors (Lipinski definition) is 9. The van der Waals surface area contributed by atoms with E-state index < -0.39 is 45.5 Å². The first-order chi connectivity index (χ1) is 20.6. The minimum Gasteiger partial charge on any atom is -0.306 e. The van der Waals surface area contributed by atoms with E-state index in [1.54, 1.807) is 54.6 Å². The molecule has 0 spiro atoms. The average molecular weight is 601 g/mol. The zero-order valence-electron chi connectivity index (χ0n) is 22.2. The average Bonchev–Trinajstić information content (AvgIpc) is 3.24. The third-order valence-corrected chi connectivity index (χ3v) is 7.00. The molecule has 1 N–H and O–H groups in total. The number of nitrogens with zero attached hydrogens (tertiary/aromatic N) is 5. The molecular formula is C29H21ClN6O7. The Morgan fingerprint density at radius 1 is 0.930 bits per heavy atom. The molecule has 14 heteroatoms. The van der Waals surface area contributed by atoms with Crippen molar-refractivity contribution < 1.29 is 24.2 Å². The van der Waals surface area contributed by atoms with Gasteiger partial charge >= 0.3 is 5.69 Å². The summed E-state index contributed by atoms with van der Waals surface area (Å²) in [5.41, 5.74) is 3.30. The van der Waals surface area contributed by atoms with Crippen LogP contribution in [0, 0.1) is 20.2 Å². The maximum absolute atomic E-state index is 13.7. The van der Waals surface area contributed by atoms with Crippen LogP contribution in [0.15, 0.2) is 101 Å². The number of allylic oxidation sites excluding steroid dienone is 3. The minimum atomic E-state index is -0.769. The van der Waals surface area contributed by atoms with Crippen molar-refractivity contribution in [2.45, 2.75) is 6.42 Å². The maximum atomic E-state index is 13.7. The summed E-state index contributed by atoms with van der Waals surface area (Å²) in [5, 5.41) is 27.4. The van der Waals surface area contributed by atoms with Crippen LogP contribution in [0.4, 0.5) is 22.7 Å². The second-order valence-electron chi connectivity index (χ2n) is 9.43. The standard InChI is InChI=1S/C29H21ClN6O7/c30-19-11-10-18(25(14-19)32-31-24-13-12-21(35(40)41)15-26(24)36(42)43)16-33(20-6-2-1-3-7-20)27(37)17-34-28(38)22-8-4-5-9-23(22)29(34)39/h1-13,15,31H,14,16-17H2/b32-25+. The topological polar surface area (TPSA) is 168 Å². The van der Waals surface area contributed by atoms with Gasteiger partial charge in [0.25, 0.3) is 17.5 Å². The van der Waals surface area contributed by atoms with Crippen LogP contribution in [0.25, 0.3) is 0 Å². The van der Waals surface area contributed by atoms with Crippen molar-refractivity contribution in [3.63, 3.8) is 0 Å². The van der Waals surface area contributed by atoms with Gasteiger partial charge in [-0.25, -0.2) is 0 Å². The molecule has 3 amide bonds. The number of benzene rings is 3. The smallest absolute Gasteiger partial charge is 0.301 e. The number of nitro groups is 2. The highest BCUT2D eigenvalue weighted by Crippen LogP contribution is 2.30. The van der Waals surface area contributed by atoms with E-state index in [2.05, 4.69) is 10.5 Å². The molecule has 1 aliphatic carbocycles. The number of nitrogens with one attached hydrogen (secondary N) is 1. The van der Waals surface area contributed by atoms with Gasteiger partial charge in [0.2, 0.25) is 5.91 Å². The van der Waals surface area contributed by atoms with E-state index in [1.165, 1.54) is 23.1 Å². The van der Waals surface area contributed by atoms with E-state index in [-0.39, 0.29) is 29.8 Å². The summed E-state index contributed by atoms with van der Waals surface area (Å²) >= 11 is 6.26. The van der Waals surface area contributed by atoms with Crippen LogP contribution < -0.4 is 10.3 Å². The Labute approximate surface area is 248 Å². The first-order valence-corrected chi connectivity index (χ1v) is 13.1. The first kappa shape index (κ1) is 28.8. The number of halogens is 1. The molecule has 43 heavy (non-hydrogen) atoms. The zero-order valence-corrected chi connectivity index (χ0v) is 22.9. The molecule has 2 aliphatic rings. The fraction of sp³-hybridized carbons (Fsp3) is 0.103. The molecule has 5 rings (SSSR count). The van der Waals surface area contributed by atoms with Crippen LogP contribution in [-0.4, -0.2) is 51.3 Å². The molecule has 0 atom stereocenters. The Bertz CT molecular complexity index is 1730. The molecule has 0 saturated carbocycles. The van der Waals surface area contributed by atoms with Gasteiger partial charge in [-0.05, 0) is 42.0 Å². The fourth-order valence-corrected chi connectivity index (χ4v) is 4.78. The zero-order chi connectivity index (χ0) is 30.7. The molecule has 3 aromatic carbocycles. The molecule has 0 unspecified atom stereocenters.